The van der Waals surface area contributed by atoms with E-state index in [-0.39, 0.29) is 10.9 Å². The summed E-state index contributed by atoms with van der Waals surface area (Å²) in [7, 11) is -3.57. The van der Waals surface area contributed by atoms with Crippen molar-refractivity contribution in [2.75, 3.05) is 19.6 Å². The molecule has 1 aromatic rings. The van der Waals surface area contributed by atoms with Crippen molar-refractivity contribution in [1.82, 2.24) is 9.62 Å². The summed E-state index contributed by atoms with van der Waals surface area (Å²) >= 11 is 11.9. The highest BCUT2D eigenvalue weighted by Crippen LogP contribution is 2.25. The Morgan fingerprint density at radius 3 is 2.48 bits per heavy atom. The maximum absolute atomic E-state index is 12.8. The SMILES string of the molecule is CCCN(CC1CCCN1)S(=O)(=O)c1cc(Cl)cc(Cl)c1. The van der Waals surface area contributed by atoms with E-state index in [1.165, 1.54) is 22.5 Å². The first kappa shape index (κ1) is 17.0. The molecule has 1 N–H and O–H groups in total. The van der Waals surface area contributed by atoms with Crippen molar-refractivity contribution in [1.29, 1.82) is 0 Å². The van der Waals surface area contributed by atoms with Crippen LogP contribution in [-0.4, -0.2) is 38.4 Å². The average Bonchev–Trinajstić information content (AvgIpc) is 2.90. The van der Waals surface area contributed by atoms with Gasteiger partial charge in [0.05, 0.1) is 4.90 Å². The predicted molar refractivity (Wildman–Crippen MR) is 86.5 cm³/mol. The van der Waals surface area contributed by atoms with Gasteiger partial charge in [0.1, 0.15) is 0 Å². The third kappa shape index (κ3) is 4.33. The molecule has 0 saturated carbocycles. The van der Waals surface area contributed by atoms with E-state index in [1.54, 1.807) is 0 Å². The number of sulfonamides is 1. The molecule has 1 atom stereocenters. The maximum atomic E-state index is 12.8. The summed E-state index contributed by atoms with van der Waals surface area (Å²) in [5.74, 6) is 0. The lowest BCUT2D eigenvalue weighted by Gasteiger charge is -2.25. The van der Waals surface area contributed by atoms with Crippen molar-refractivity contribution in [2.24, 2.45) is 0 Å². The molecule has 7 heteroatoms. The number of hydrogen-bond donors (Lipinski definition) is 1. The fourth-order valence-corrected chi connectivity index (χ4v) is 4.85. The van der Waals surface area contributed by atoms with Crippen molar-refractivity contribution < 1.29 is 8.42 Å². The van der Waals surface area contributed by atoms with E-state index >= 15 is 0 Å². The van der Waals surface area contributed by atoms with E-state index in [1.807, 2.05) is 6.92 Å². The third-order valence-corrected chi connectivity index (χ3v) is 5.81. The molecule has 0 aliphatic carbocycles. The highest BCUT2D eigenvalue weighted by Gasteiger charge is 2.28. The largest absolute Gasteiger partial charge is 0.313 e. The Morgan fingerprint density at radius 2 is 1.95 bits per heavy atom. The van der Waals surface area contributed by atoms with Crippen LogP contribution in [0.2, 0.25) is 10.0 Å². The highest BCUT2D eigenvalue weighted by molar-refractivity contribution is 7.89. The second-order valence-electron chi connectivity index (χ2n) is 5.26. The fraction of sp³-hybridized carbons (Fsp3) is 0.571. The second kappa shape index (κ2) is 7.29. The summed E-state index contributed by atoms with van der Waals surface area (Å²) in [6, 6.07) is 4.66. The van der Waals surface area contributed by atoms with Gasteiger partial charge in [0.15, 0.2) is 0 Å². The summed E-state index contributed by atoms with van der Waals surface area (Å²) in [5, 5.41) is 3.99. The van der Waals surface area contributed by atoms with Gasteiger partial charge in [0, 0.05) is 29.2 Å². The molecular formula is C14H20Cl2N2O2S. The average molecular weight is 351 g/mol. The summed E-state index contributed by atoms with van der Waals surface area (Å²) in [4.78, 5) is 0.159. The number of benzene rings is 1. The molecule has 0 bridgehead atoms. The quantitative estimate of drug-likeness (QED) is 0.857. The smallest absolute Gasteiger partial charge is 0.243 e. The van der Waals surface area contributed by atoms with Gasteiger partial charge in [-0.05, 0) is 44.0 Å². The van der Waals surface area contributed by atoms with Gasteiger partial charge >= 0.3 is 0 Å². The van der Waals surface area contributed by atoms with Crippen LogP contribution in [0.25, 0.3) is 0 Å². The van der Waals surface area contributed by atoms with Crippen LogP contribution in [0.5, 0.6) is 0 Å². The molecule has 1 aliphatic rings. The fourth-order valence-electron chi connectivity index (χ4n) is 2.54. The molecule has 118 valence electrons. The first-order valence-corrected chi connectivity index (χ1v) is 9.32. The lowest BCUT2D eigenvalue weighted by Crippen LogP contribution is -2.41. The molecule has 1 saturated heterocycles. The van der Waals surface area contributed by atoms with Gasteiger partial charge < -0.3 is 5.32 Å². The molecule has 1 unspecified atom stereocenters. The van der Waals surface area contributed by atoms with Gasteiger partial charge in [-0.1, -0.05) is 30.1 Å². The standard InChI is InChI=1S/C14H20Cl2N2O2S/c1-2-6-18(10-13-4-3-5-17-13)21(19,20)14-8-11(15)7-12(16)9-14/h7-9,13,17H,2-6,10H2,1H3. The minimum atomic E-state index is -3.57. The number of nitrogens with one attached hydrogen (secondary N) is 1. The van der Waals surface area contributed by atoms with Gasteiger partial charge in [-0.2, -0.15) is 4.31 Å². The van der Waals surface area contributed by atoms with E-state index in [9.17, 15) is 8.42 Å². The lowest BCUT2D eigenvalue weighted by molar-refractivity contribution is 0.369. The molecule has 4 nitrogen and oxygen atoms in total. The molecule has 1 aromatic carbocycles. The Hall–Kier alpha value is -0.330. The molecule has 0 aromatic heterocycles. The van der Waals surface area contributed by atoms with Crippen LogP contribution in [-0.2, 0) is 10.0 Å². The topological polar surface area (TPSA) is 49.4 Å². The van der Waals surface area contributed by atoms with Crippen LogP contribution in [0.1, 0.15) is 26.2 Å². The molecule has 1 aliphatic heterocycles. The number of hydrogen-bond acceptors (Lipinski definition) is 3. The number of nitrogens with zero attached hydrogens (tertiary/aromatic N) is 1. The Morgan fingerprint density at radius 1 is 1.29 bits per heavy atom. The Kier molecular flexibility index (Phi) is 5.91. The first-order valence-electron chi connectivity index (χ1n) is 7.13. The Labute approximate surface area is 136 Å². The Bertz CT molecular complexity index is 566. The molecule has 0 radical (unpaired) electrons. The monoisotopic (exact) mass is 350 g/mol. The number of rotatable bonds is 6. The van der Waals surface area contributed by atoms with E-state index in [0.29, 0.717) is 23.1 Å². The predicted octanol–water partition coefficient (Wildman–Crippen LogP) is 3.15. The zero-order valence-electron chi connectivity index (χ0n) is 12.0. The molecule has 1 heterocycles. The molecule has 0 spiro atoms. The molecule has 1 fully saturated rings. The number of halogens is 2. The van der Waals surface area contributed by atoms with Crippen LogP contribution in [0.4, 0.5) is 0 Å². The van der Waals surface area contributed by atoms with Gasteiger partial charge in [0.2, 0.25) is 10.0 Å². The van der Waals surface area contributed by atoms with Crippen molar-refractivity contribution in [3.8, 4) is 0 Å². The first-order chi connectivity index (χ1) is 9.93. The van der Waals surface area contributed by atoms with Gasteiger partial charge in [0.25, 0.3) is 0 Å². The van der Waals surface area contributed by atoms with Crippen LogP contribution >= 0.6 is 23.2 Å². The Balaban J connectivity index is 2.27. The zero-order valence-corrected chi connectivity index (χ0v) is 14.3. The van der Waals surface area contributed by atoms with Crippen molar-refractivity contribution in [3.63, 3.8) is 0 Å². The van der Waals surface area contributed by atoms with Crippen LogP contribution in [0.15, 0.2) is 23.1 Å². The van der Waals surface area contributed by atoms with E-state index in [2.05, 4.69) is 5.32 Å². The van der Waals surface area contributed by atoms with Crippen LogP contribution < -0.4 is 5.32 Å². The summed E-state index contributed by atoms with van der Waals surface area (Å²) in [6.07, 6.45) is 2.86. The van der Waals surface area contributed by atoms with Gasteiger partial charge in [-0.3, -0.25) is 0 Å². The summed E-state index contributed by atoms with van der Waals surface area (Å²) in [6.45, 7) is 3.90. The molecule has 21 heavy (non-hydrogen) atoms. The van der Waals surface area contributed by atoms with E-state index < -0.39 is 10.0 Å². The second-order valence-corrected chi connectivity index (χ2v) is 8.07. The lowest BCUT2D eigenvalue weighted by atomic mass is 10.2. The molecule has 0 amide bonds. The van der Waals surface area contributed by atoms with Crippen molar-refractivity contribution >= 4 is 33.2 Å². The van der Waals surface area contributed by atoms with E-state index in [4.69, 9.17) is 23.2 Å². The minimum Gasteiger partial charge on any atom is -0.313 e. The van der Waals surface area contributed by atoms with Gasteiger partial charge in [-0.15, -0.1) is 0 Å². The van der Waals surface area contributed by atoms with Crippen molar-refractivity contribution in [3.05, 3.63) is 28.2 Å². The maximum Gasteiger partial charge on any atom is 0.243 e. The third-order valence-electron chi connectivity index (χ3n) is 3.53. The van der Waals surface area contributed by atoms with Gasteiger partial charge in [-0.25, -0.2) is 8.42 Å². The molecule has 2 rings (SSSR count). The van der Waals surface area contributed by atoms with Crippen LogP contribution in [0, 0.1) is 0 Å². The molecular weight excluding hydrogens is 331 g/mol. The minimum absolute atomic E-state index is 0.159. The zero-order chi connectivity index (χ0) is 15.5. The van der Waals surface area contributed by atoms with Crippen LogP contribution in [0.3, 0.4) is 0 Å². The highest BCUT2D eigenvalue weighted by atomic mass is 35.5. The van der Waals surface area contributed by atoms with Crippen molar-refractivity contribution in [2.45, 2.75) is 37.1 Å². The van der Waals surface area contributed by atoms with E-state index in [0.717, 1.165) is 25.8 Å². The summed E-state index contributed by atoms with van der Waals surface area (Å²) < 4.78 is 27.1. The normalized spacial score (nSPS) is 19.3. The summed E-state index contributed by atoms with van der Waals surface area (Å²) in [5.41, 5.74) is 0.